The molecule has 18 heavy (non-hydrogen) atoms. The van der Waals surface area contributed by atoms with Crippen molar-refractivity contribution in [3.8, 4) is 0 Å². The Bertz CT molecular complexity index is 509. The zero-order valence-electron chi connectivity index (χ0n) is 11.2. The zero-order valence-corrected chi connectivity index (χ0v) is 12.8. The number of rotatable bonds is 1. The number of nitrogens with zero attached hydrogens (tertiary/aromatic N) is 1. The smallest absolute Gasteiger partial charge is 0.229 e. The second-order valence-corrected chi connectivity index (χ2v) is 6.77. The Morgan fingerprint density at radius 1 is 1.44 bits per heavy atom. The molecule has 0 spiro atoms. The Kier molecular flexibility index (Phi) is 3.18. The number of halogens is 1. The Morgan fingerprint density at radius 3 is 2.61 bits per heavy atom. The number of benzene rings is 1. The fraction of sp³-hybridized carbons (Fsp3) is 0.500. The fourth-order valence-corrected chi connectivity index (χ4v) is 2.97. The van der Waals surface area contributed by atoms with Crippen LogP contribution in [0, 0.1) is 5.92 Å². The third kappa shape index (κ3) is 2.03. The molecule has 0 saturated heterocycles. The van der Waals surface area contributed by atoms with E-state index in [0.29, 0.717) is 12.2 Å². The first kappa shape index (κ1) is 13.4. The Balaban J connectivity index is 2.59. The van der Waals surface area contributed by atoms with E-state index in [1.54, 1.807) is 0 Å². The van der Waals surface area contributed by atoms with E-state index in [9.17, 15) is 4.79 Å². The molecule has 3 nitrogen and oxygen atoms in total. The van der Waals surface area contributed by atoms with Gasteiger partial charge in [0, 0.05) is 22.4 Å². The summed E-state index contributed by atoms with van der Waals surface area (Å²) in [5, 5.41) is 0. The van der Waals surface area contributed by atoms with Gasteiger partial charge in [0.05, 0.1) is 11.4 Å². The Hall–Kier alpha value is -1.03. The molecule has 0 aromatic heterocycles. The van der Waals surface area contributed by atoms with Gasteiger partial charge >= 0.3 is 0 Å². The highest BCUT2D eigenvalue weighted by Gasteiger charge is 2.40. The van der Waals surface area contributed by atoms with Gasteiger partial charge in [0.25, 0.3) is 0 Å². The number of nitrogens with two attached hydrogens (primary N) is 1. The van der Waals surface area contributed by atoms with Crippen LogP contribution >= 0.6 is 15.9 Å². The molecule has 1 aliphatic rings. The van der Waals surface area contributed by atoms with Crippen molar-refractivity contribution in [2.75, 3.05) is 17.2 Å². The highest BCUT2D eigenvalue weighted by Crippen LogP contribution is 2.45. The third-order valence-corrected chi connectivity index (χ3v) is 3.87. The van der Waals surface area contributed by atoms with E-state index < -0.39 is 0 Å². The molecule has 4 heteroatoms. The first-order valence-corrected chi connectivity index (χ1v) is 6.94. The van der Waals surface area contributed by atoms with Crippen molar-refractivity contribution in [2.45, 2.75) is 33.1 Å². The van der Waals surface area contributed by atoms with Crippen LogP contribution in [0.1, 0.15) is 33.3 Å². The lowest BCUT2D eigenvalue weighted by molar-refractivity contribution is -0.121. The van der Waals surface area contributed by atoms with Gasteiger partial charge in [-0.15, -0.1) is 0 Å². The maximum atomic E-state index is 12.3. The summed E-state index contributed by atoms with van der Waals surface area (Å²) in [5.74, 6) is 0.116. The first-order valence-electron chi connectivity index (χ1n) is 6.15. The molecule has 1 aliphatic heterocycles. The number of carbonyl (C=O) groups excluding carboxylic acids is 1. The normalized spacial score (nSPS) is 17.1. The third-order valence-electron chi connectivity index (χ3n) is 3.42. The molecule has 0 radical (unpaired) electrons. The summed E-state index contributed by atoms with van der Waals surface area (Å²) >= 11 is 3.47. The second kappa shape index (κ2) is 4.26. The van der Waals surface area contributed by atoms with E-state index in [1.807, 2.05) is 24.8 Å². The number of hydrogen-bond donors (Lipinski definition) is 1. The van der Waals surface area contributed by atoms with Gasteiger partial charge in [0.1, 0.15) is 0 Å². The van der Waals surface area contributed by atoms with E-state index in [1.165, 1.54) is 0 Å². The van der Waals surface area contributed by atoms with E-state index in [0.717, 1.165) is 15.7 Å². The summed E-state index contributed by atoms with van der Waals surface area (Å²) in [6, 6.07) is 3.93. The number of amides is 1. The van der Waals surface area contributed by atoms with Crippen molar-refractivity contribution in [2.24, 2.45) is 5.92 Å². The van der Waals surface area contributed by atoms with E-state index in [-0.39, 0.29) is 17.2 Å². The van der Waals surface area contributed by atoms with Gasteiger partial charge in [-0.25, -0.2) is 0 Å². The molecule has 1 heterocycles. The van der Waals surface area contributed by atoms with Crippen LogP contribution in [-0.4, -0.2) is 12.5 Å². The van der Waals surface area contributed by atoms with Crippen molar-refractivity contribution in [3.05, 3.63) is 22.2 Å². The van der Waals surface area contributed by atoms with Gasteiger partial charge in [-0.05, 0) is 17.7 Å². The van der Waals surface area contributed by atoms with Crippen LogP contribution in [0.4, 0.5) is 11.4 Å². The number of anilines is 2. The lowest BCUT2D eigenvalue weighted by Gasteiger charge is -2.22. The van der Waals surface area contributed by atoms with Crippen LogP contribution in [0.5, 0.6) is 0 Å². The number of fused-ring (bicyclic) bond motifs is 1. The lowest BCUT2D eigenvalue weighted by Crippen LogP contribution is -2.36. The minimum atomic E-state index is -0.0578. The lowest BCUT2D eigenvalue weighted by atomic mass is 9.87. The average molecular weight is 311 g/mol. The highest BCUT2D eigenvalue weighted by atomic mass is 79.9. The molecule has 0 unspecified atom stereocenters. The van der Waals surface area contributed by atoms with Crippen molar-refractivity contribution >= 4 is 33.2 Å². The topological polar surface area (TPSA) is 46.3 Å². The van der Waals surface area contributed by atoms with Crippen molar-refractivity contribution in [1.29, 1.82) is 0 Å². The van der Waals surface area contributed by atoms with E-state index in [4.69, 9.17) is 5.73 Å². The monoisotopic (exact) mass is 310 g/mol. The summed E-state index contributed by atoms with van der Waals surface area (Å²) in [5.41, 5.74) is 8.74. The van der Waals surface area contributed by atoms with Crippen molar-refractivity contribution in [3.63, 3.8) is 0 Å². The molecule has 2 N–H and O–H groups in total. The molecule has 2 rings (SSSR count). The molecule has 0 bridgehead atoms. The first-order chi connectivity index (χ1) is 8.24. The average Bonchev–Trinajstić information content (AvgIpc) is 2.50. The summed E-state index contributed by atoms with van der Waals surface area (Å²) in [7, 11) is 0. The molecular weight excluding hydrogens is 292 g/mol. The minimum absolute atomic E-state index is 0.0187. The quantitative estimate of drug-likeness (QED) is 0.809. The summed E-state index contributed by atoms with van der Waals surface area (Å²) in [6.45, 7) is 8.82. The SMILES string of the molecule is CC(C)C(=O)N1CC(C)(C)c2cc(Br)cc(N)c21. The Labute approximate surface area is 116 Å². The molecule has 0 saturated carbocycles. The molecule has 1 amide bonds. The van der Waals surface area contributed by atoms with Crippen molar-refractivity contribution in [1.82, 2.24) is 0 Å². The molecule has 0 fully saturated rings. The highest BCUT2D eigenvalue weighted by molar-refractivity contribution is 9.10. The predicted octanol–water partition coefficient (Wildman–Crippen LogP) is 3.31. The number of hydrogen-bond acceptors (Lipinski definition) is 2. The van der Waals surface area contributed by atoms with Crippen LogP contribution in [0.3, 0.4) is 0 Å². The van der Waals surface area contributed by atoms with Gasteiger partial charge in [-0.2, -0.15) is 0 Å². The number of nitrogen functional groups attached to an aromatic ring is 1. The molecule has 1 aromatic rings. The minimum Gasteiger partial charge on any atom is -0.397 e. The van der Waals surface area contributed by atoms with Gasteiger partial charge < -0.3 is 10.6 Å². The van der Waals surface area contributed by atoms with Crippen LogP contribution in [0.2, 0.25) is 0 Å². The summed E-state index contributed by atoms with van der Waals surface area (Å²) in [4.78, 5) is 14.1. The van der Waals surface area contributed by atoms with Crippen LogP contribution in [-0.2, 0) is 10.2 Å². The van der Waals surface area contributed by atoms with E-state index >= 15 is 0 Å². The maximum absolute atomic E-state index is 12.3. The predicted molar refractivity (Wildman–Crippen MR) is 78.8 cm³/mol. The van der Waals surface area contributed by atoms with Gasteiger partial charge in [0.2, 0.25) is 5.91 Å². The number of carbonyl (C=O) groups is 1. The van der Waals surface area contributed by atoms with Gasteiger partial charge in [-0.1, -0.05) is 43.6 Å². The molecule has 98 valence electrons. The maximum Gasteiger partial charge on any atom is 0.229 e. The van der Waals surface area contributed by atoms with Crippen LogP contribution < -0.4 is 10.6 Å². The second-order valence-electron chi connectivity index (χ2n) is 5.85. The fourth-order valence-electron chi connectivity index (χ4n) is 2.50. The summed E-state index contributed by atoms with van der Waals surface area (Å²) < 4.78 is 0.964. The molecule has 1 aromatic carbocycles. The van der Waals surface area contributed by atoms with Gasteiger partial charge in [-0.3, -0.25) is 4.79 Å². The molecule has 0 aliphatic carbocycles. The standard InChI is InChI=1S/C14H19BrN2O/c1-8(2)13(18)17-7-14(3,4)10-5-9(15)6-11(16)12(10)17/h5-6,8H,7,16H2,1-4H3. The van der Waals surface area contributed by atoms with Gasteiger partial charge in [0.15, 0.2) is 0 Å². The van der Waals surface area contributed by atoms with Crippen LogP contribution in [0.25, 0.3) is 0 Å². The largest absolute Gasteiger partial charge is 0.397 e. The molecule has 0 atom stereocenters. The zero-order chi connectivity index (χ0) is 13.7. The van der Waals surface area contributed by atoms with Crippen molar-refractivity contribution < 1.29 is 4.79 Å². The van der Waals surface area contributed by atoms with Crippen LogP contribution in [0.15, 0.2) is 16.6 Å². The molecular formula is C14H19BrN2O. The van der Waals surface area contributed by atoms with E-state index in [2.05, 4.69) is 35.8 Å². The Morgan fingerprint density at radius 2 is 2.06 bits per heavy atom. The summed E-state index contributed by atoms with van der Waals surface area (Å²) in [6.07, 6.45) is 0.